The predicted octanol–water partition coefficient (Wildman–Crippen LogP) is 0.265. The lowest BCUT2D eigenvalue weighted by atomic mass is 10.0. The topological polar surface area (TPSA) is 47.3 Å². The molecule has 1 aliphatic heterocycles. The molecule has 0 aromatic carbocycles. The van der Waals surface area contributed by atoms with Gasteiger partial charge in [-0.3, -0.25) is 11.3 Å². The second-order valence-corrected chi connectivity index (χ2v) is 2.77. The molecular weight excluding hydrogens is 128 g/mol. The largest absolute Gasteiger partial charge is 0.378 e. The van der Waals surface area contributed by atoms with E-state index in [9.17, 15) is 0 Å². The van der Waals surface area contributed by atoms with E-state index in [1.54, 1.807) is 0 Å². The molecule has 0 amide bonds. The van der Waals surface area contributed by atoms with Gasteiger partial charge in [0.1, 0.15) is 0 Å². The van der Waals surface area contributed by atoms with Crippen molar-refractivity contribution < 1.29 is 4.74 Å². The summed E-state index contributed by atoms with van der Waals surface area (Å²) in [6.07, 6.45) is 2.70. The van der Waals surface area contributed by atoms with Gasteiger partial charge in [-0.1, -0.05) is 6.92 Å². The molecule has 0 spiro atoms. The lowest BCUT2D eigenvalue weighted by molar-refractivity contribution is 0.0873. The summed E-state index contributed by atoms with van der Waals surface area (Å²) in [6.45, 7) is 3.95. The van der Waals surface area contributed by atoms with Gasteiger partial charge in [0.25, 0.3) is 0 Å². The van der Waals surface area contributed by atoms with Crippen molar-refractivity contribution in [3.8, 4) is 0 Å². The first-order valence-corrected chi connectivity index (χ1v) is 3.93. The SMILES string of the molecule is CCC1OCCC1CNN. The predicted molar refractivity (Wildman–Crippen MR) is 40.3 cm³/mol. The second kappa shape index (κ2) is 3.91. The summed E-state index contributed by atoms with van der Waals surface area (Å²) in [5.41, 5.74) is 2.69. The van der Waals surface area contributed by atoms with E-state index >= 15 is 0 Å². The molecular formula is C7H16N2O. The van der Waals surface area contributed by atoms with Gasteiger partial charge in [0.15, 0.2) is 0 Å². The summed E-state index contributed by atoms with van der Waals surface area (Å²) in [6, 6.07) is 0. The minimum absolute atomic E-state index is 0.441. The second-order valence-electron chi connectivity index (χ2n) is 2.77. The lowest BCUT2D eigenvalue weighted by Gasteiger charge is -2.15. The Morgan fingerprint density at radius 3 is 3.10 bits per heavy atom. The molecule has 0 radical (unpaired) electrons. The monoisotopic (exact) mass is 144 g/mol. The smallest absolute Gasteiger partial charge is 0.0614 e. The van der Waals surface area contributed by atoms with Crippen molar-refractivity contribution in [1.82, 2.24) is 5.43 Å². The average molecular weight is 144 g/mol. The third kappa shape index (κ3) is 1.68. The van der Waals surface area contributed by atoms with Crippen molar-refractivity contribution in [2.75, 3.05) is 13.2 Å². The highest BCUT2D eigenvalue weighted by molar-refractivity contribution is 4.75. The van der Waals surface area contributed by atoms with Gasteiger partial charge in [0.05, 0.1) is 6.10 Å². The summed E-state index contributed by atoms with van der Waals surface area (Å²) in [4.78, 5) is 0. The average Bonchev–Trinajstić information content (AvgIpc) is 2.36. The van der Waals surface area contributed by atoms with E-state index in [4.69, 9.17) is 10.6 Å². The minimum Gasteiger partial charge on any atom is -0.378 e. The van der Waals surface area contributed by atoms with E-state index in [1.165, 1.54) is 0 Å². The van der Waals surface area contributed by atoms with Crippen molar-refractivity contribution in [2.24, 2.45) is 11.8 Å². The van der Waals surface area contributed by atoms with Gasteiger partial charge in [-0.2, -0.15) is 0 Å². The van der Waals surface area contributed by atoms with Crippen molar-refractivity contribution in [3.63, 3.8) is 0 Å². The molecule has 3 nitrogen and oxygen atoms in total. The van der Waals surface area contributed by atoms with Crippen molar-refractivity contribution >= 4 is 0 Å². The number of ether oxygens (including phenoxy) is 1. The van der Waals surface area contributed by atoms with Crippen LogP contribution in [0.4, 0.5) is 0 Å². The Balaban J connectivity index is 2.27. The van der Waals surface area contributed by atoms with E-state index < -0.39 is 0 Å². The van der Waals surface area contributed by atoms with Crippen molar-refractivity contribution in [2.45, 2.75) is 25.9 Å². The molecule has 2 atom stereocenters. The molecule has 1 saturated heterocycles. The van der Waals surface area contributed by atoms with E-state index in [2.05, 4.69) is 12.3 Å². The molecule has 0 aliphatic carbocycles. The lowest BCUT2D eigenvalue weighted by Crippen LogP contribution is -2.32. The molecule has 1 aliphatic rings. The molecule has 10 heavy (non-hydrogen) atoms. The molecule has 3 N–H and O–H groups in total. The normalized spacial score (nSPS) is 33.0. The van der Waals surface area contributed by atoms with Gasteiger partial charge in [0.2, 0.25) is 0 Å². The molecule has 3 heteroatoms. The highest BCUT2D eigenvalue weighted by Crippen LogP contribution is 2.21. The Bertz CT molecular complexity index is 97.6. The van der Waals surface area contributed by atoms with Gasteiger partial charge in [0, 0.05) is 19.1 Å². The number of rotatable bonds is 3. The molecule has 1 fully saturated rings. The van der Waals surface area contributed by atoms with Gasteiger partial charge in [-0.15, -0.1) is 0 Å². The first-order chi connectivity index (χ1) is 4.88. The summed E-state index contributed by atoms with van der Waals surface area (Å²) >= 11 is 0. The number of nitrogens with one attached hydrogen (secondary N) is 1. The highest BCUT2D eigenvalue weighted by Gasteiger charge is 2.25. The Hall–Kier alpha value is -0.120. The molecule has 0 aromatic rings. The van der Waals surface area contributed by atoms with E-state index in [0.717, 1.165) is 26.0 Å². The summed E-state index contributed by atoms with van der Waals surface area (Å²) in [5, 5.41) is 0. The minimum atomic E-state index is 0.441. The Morgan fingerprint density at radius 1 is 1.70 bits per heavy atom. The quantitative estimate of drug-likeness (QED) is 0.441. The number of hydrogen-bond donors (Lipinski definition) is 2. The van der Waals surface area contributed by atoms with Crippen LogP contribution in [0.5, 0.6) is 0 Å². The van der Waals surface area contributed by atoms with Crippen LogP contribution in [0.3, 0.4) is 0 Å². The van der Waals surface area contributed by atoms with E-state index in [0.29, 0.717) is 12.0 Å². The van der Waals surface area contributed by atoms with E-state index in [-0.39, 0.29) is 0 Å². The molecule has 2 unspecified atom stereocenters. The fourth-order valence-electron chi connectivity index (χ4n) is 1.53. The fraction of sp³-hybridized carbons (Fsp3) is 1.00. The van der Waals surface area contributed by atoms with Crippen LogP contribution >= 0.6 is 0 Å². The van der Waals surface area contributed by atoms with Gasteiger partial charge < -0.3 is 4.74 Å². The maximum absolute atomic E-state index is 5.47. The van der Waals surface area contributed by atoms with Crippen LogP contribution in [0.25, 0.3) is 0 Å². The number of hydrogen-bond acceptors (Lipinski definition) is 3. The molecule has 0 bridgehead atoms. The summed E-state index contributed by atoms with van der Waals surface area (Å²) in [7, 11) is 0. The summed E-state index contributed by atoms with van der Waals surface area (Å²) in [5.74, 6) is 5.85. The number of nitrogens with two attached hydrogens (primary N) is 1. The Kier molecular flexibility index (Phi) is 3.12. The van der Waals surface area contributed by atoms with Crippen LogP contribution in [-0.4, -0.2) is 19.3 Å². The zero-order valence-electron chi connectivity index (χ0n) is 6.47. The first-order valence-electron chi connectivity index (χ1n) is 3.93. The summed E-state index contributed by atoms with van der Waals surface area (Å²) < 4.78 is 5.47. The Labute approximate surface area is 61.9 Å². The molecule has 1 rings (SSSR count). The van der Waals surface area contributed by atoms with Crippen LogP contribution in [-0.2, 0) is 4.74 Å². The maximum atomic E-state index is 5.47. The third-order valence-electron chi connectivity index (χ3n) is 2.13. The zero-order chi connectivity index (χ0) is 7.40. The molecule has 1 heterocycles. The standard InChI is InChI=1S/C7H16N2O/c1-2-7-6(5-9-8)3-4-10-7/h6-7,9H,2-5,8H2,1H3. The van der Waals surface area contributed by atoms with Gasteiger partial charge >= 0.3 is 0 Å². The van der Waals surface area contributed by atoms with Gasteiger partial charge in [-0.05, 0) is 12.8 Å². The maximum Gasteiger partial charge on any atom is 0.0614 e. The van der Waals surface area contributed by atoms with Crippen LogP contribution in [0.15, 0.2) is 0 Å². The van der Waals surface area contributed by atoms with Crippen LogP contribution < -0.4 is 11.3 Å². The van der Waals surface area contributed by atoms with Crippen LogP contribution in [0.1, 0.15) is 19.8 Å². The molecule has 0 saturated carbocycles. The Morgan fingerprint density at radius 2 is 2.50 bits per heavy atom. The first kappa shape index (κ1) is 7.98. The molecule has 0 aromatic heterocycles. The number of hydrazine groups is 1. The fourth-order valence-corrected chi connectivity index (χ4v) is 1.53. The van der Waals surface area contributed by atoms with Crippen LogP contribution in [0.2, 0.25) is 0 Å². The van der Waals surface area contributed by atoms with Gasteiger partial charge in [-0.25, -0.2) is 0 Å². The molecule has 60 valence electrons. The van der Waals surface area contributed by atoms with Crippen molar-refractivity contribution in [3.05, 3.63) is 0 Å². The van der Waals surface area contributed by atoms with Crippen molar-refractivity contribution in [1.29, 1.82) is 0 Å². The third-order valence-corrected chi connectivity index (χ3v) is 2.13. The van der Waals surface area contributed by atoms with E-state index in [1.807, 2.05) is 0 Å². The highest BCUT2D eigenvalue weighted by atomic mass is 16.5. The van der Waals surface area contributed by atoms with Crippen LogP contribution in [0, 0.1) is 5.92 Å². The zero-order valence-corrected chi connectivity index (χ0v) is 6.47.